The molecule has 0 aromatic carbocycles. The van der Waals surface area contributed by atoms with E-state index in [-0.39, 0.29) is 0 Å². The Bertz CT molecular complexity index is 235. The molecule has 0 radical (unpaired) electrons. The van der Waals surface area contributed by atoms with Gasteiger partial charge >= 0.3 is 6.18 Å². The molecule has 68 valence electrons. The van der Waals surface area contributed by atoms with Crippen molar-refractivity contribution in [3.8, 4) is 0 Å². The van der Waals surface area contributed by atoms with Gasteiger partial charge in [0.15, 0.2) is 6.23 Å². The molecule has 0 aromatic heterocycles. The van der Waals surface area contributed by atoms with Crippen LogP contribution in [0.4, 0.5) is 13.2 Å². The van der Waals surface area contributed by atoms with Crippen molar-refractivity contribution in [3.05, 3.63) is 0 Å². The number of rotatable bonds is 0. The molecule has 1 heterocycles. The maximum absolute atomic E-state index is 11.8. The van der Waals surface area contributed by atoms with Gasteiger partial charge in [0, 0.05) is 0 Å². The predicted molar refractivity (Wildman–Crippen MR) is 32.3 cm³/mol. The van der Waals surface area contributed by atoms with Crippen LogP contribution in [0.25, 0.3) is 0 Å². The first-order valence-electron chi connectivity index (χ1n) is 3.02. The van der Waals surface area contributed by atoms with Gasteiger partial charge < -0.3 is 10.4 Å². The Kier molecular flexibility index (Phi) is 2.05. The average Bonchev–Trinajstić information content (AvgIpc) is 1.82. The highest BCUT2D eigenvalue weighted by molar-refractivity contribution is 6.02. The summed E-state index contributed by atoms with van der Waals surface area (Å²) in [5.74, 6) is -2.32. The van der Waals surface area contributed by atoms with Crippen LogP contribution in [0.15, 0.2) is 4.99 Å². The van der Waals surface area contributed by atoms with E-state index in [1.807, 2.05) is 0 Å². The number of carbonyl (C=O) groups is 1. The zero-order valence-electron chi connectivity index (χ0n) is 5.72. The Balaban J connectivity index is 2.84. The molecule has 1 atom stereocenters. The lowest BCUT2D eigenvalue weighted by Crippen LogP contribution is -2.46. The van der Waals surface area contributed by atoms with Crippen LogP contribution < -0.4 is 5.32 Å². The zero-order valence-corrected chi connectivity index (χ0v) is 5.72. The molecule has 0 aliphatic carbocycles. The van der Waals surface area contributed by atoms with Crippen molar-refractivity contribution in [3.63, 3.8) is 0 Å². The van der Waals surface area contributed by atoms with Gasteiger partial charge in [0.2, 0.25) is 11.7 Å². The maximum Gasteiger partial charge on any atom is 0.449 e. The van der Waals surface area contributed by atoms with Crippen molar-refractivity contribution in [2.24, 2.45) is 4.99 Å². The third-order valence-electron chi connectivity index (χ3n) is 1.17. The van der Waals surface area contributed by atoms with Crippen molar-refractivity contribution in [1.82, 2.24) is 5.32 Å². The Morgan fingerprint density at radius 3 is 2.58 bits per heavy atom. The van der Waals surface area contributed by atoms with E-state index < -0.39 is 30.6 Å². The van der Waals surface area contributed by atoms with Gasteiger partial charge in [-0.2, -0.15) is 13.2 Å². The van der Waals surface area contributed by atoms with Gasteiger partial charge in [-0.05, 0) is 0 Å². The number of amides is 1. The van der Waals surface area contributed by atoms with Crippen LogP contribution in [0, 0.1) is 0 Å². The Labute approximate surface area is 65.1 Å². The molecule has 1 rings (SSSR count). The van der Waals surface area contributed by atoms with E-state index in [1.165, 1.54) is 5.32 Å². The van der Waals surface area contributed by atoms with Crippen LogP contribution in [0.1, 0.15) is 6.42 Å². The van der Waals surface area contributed by atoms with Gasteiger partial charge in [-0.15, -0.1) is 0 Å². The Morgan fingerprint density at radius 1 is 1.58 bits per heavy atom. The van der Waals surface area contributed by atoms with E-state index in [9.17, 15) is 18.0 Å². The number of alkyl halides is 3. The Morgan fingerprint density at radius 2 is 2.17 bits per heavy atom. The third kappa shape index (κ3) is 1.94. The highest BCUT2D eigenvalue weighted by Gasteiger charge is 2.39. The number of amidine groups is 1. The molecule has 0 aromatic rings. The first kappa shape index (κ1) is 8.98. The van der Waals surface area contributed by atoms with Crippen LogP contribution in [0.5, 0.6) is 0 Å². The molecule has 1 unspecified atom stereocenters. The lowest BCUT2D eigenvalue weighted by atomic mass is 10.3. The lowest BCUT2D eigenvalue weighted by Gasteiger charge is -2.18. The number of hydrogen-bond acceptors (Lipinski definition) is 3. The summed E-state index contributed by atoms with van der Waals surface area (Å²) in [6.45, 7) is 0. The van der Waals surface area contributed by atoms with Crippen LogP contribution in [-0.2, 0) is 4.79 Å². The Hall–Kier alpha value is -1.11. The molecule has 0 saturated carbocycles. The van der Waals surface area contributed by atoms with E-state index >= 15 is 0 Å². The summed E-state index contributed by atoms with van der Waals surface area (Å²) >= 11 is 0. The molecule has 1 amide bonds. The van der Waals surface area contributed by atoms with Crippen molar-refractivity contribution in [2.75, 3.05) is 0 Å². The molecule has 12 heavy (non-hydrogen) atoms. The number of aliphatic hydroxyl groups excluding tert-OH is 1. The fraction of sp³-hybridized carbons (Fsp3) is 0.600. The topological polar surface area (TPSA) is 61.7 Å². The second-order valence-electron chi connectivity index (χ2n) is 2.21. The number of nitrogens with zero attached hydrogens (tertiary/aromatic N) is 1. The molecule has 0 spiro atoms. The van der Waals surface area contributed by atoms with E-state index in [1.54, 1.807) is 0 Å². The molecule has 7 heteroatoms. The van der Waals surface area contributed by atoms with E-state index in [0.29, 0.717) is 0 Å². The number of nitrogens with one attached hydrogen (secondary N) is 1. The molecular weight excluding hydrogens is 177 g/mol. The highest BCUT2D eigenvalue weighted by Crippen LogP contribution is 2.18. The number of carbonyl (C=O) groups excluding carboxylic acids is 1. The first-order chi connectivity index (χ1) is 5.39. The molecule has 1 aliphatic heterocycles. The van der Waals surface area contributed by atoms with Gasteiger partial charge in [0.1, 0.15) is 0 Å². The summed E-state index contributed by atoms with van der Waals surface area (Å²) in [6.07, 6.45) is -6.73. The molecule has 0 saturated heterocycles. The number of aliphatic hydroxyl groups is 1. The second-order valence-corrected chi connectivity index (χ2v) is 2.21. The normalized spacial score (nSPS) is 24.8. The molecule has 4 nitrogen and oxygen atoms in total. The minimum Gasteiger partial charge on any atom is -0.371 e. The lowest BCUT2D eigenvalue weighted by molar-refractivity contribution is -0.124. The van der Waals surface area contributed by atoms with Crippen molar-refractivity contribution >= 4 is 11.7 Å². The molecule has 1 aliphatic rings. The predicted octanol–water partition coefficient (Wildman–Crippen LogP) is -0.214. The second kappa shape index (κ2) is 2.74. The summed E-state index contributed by atoms with van der Waals surface area (Å²) < 4.78 is 35.5. The van der Waals surface area contributed by atoms with Crippen molar-refractivity contribution in [1.29, 1.82) is 0 Å². The van der Waals surface area contributed by atoms with Crippen molar-refractivity contribution in [2.45, 2.75) is 18.8 Å². The maximum atomic E-state index is 11.8. The van der Waals surface area contributed by atoms with Crippen molar-refractivity contribution < 1.29 is 23.1 Å². The van der Waals surface area contributed by atoms with E-state index in [4.69, 9.17) is 5.11 Å². The minimum absolute atomic E-state index is 0.431. The monoisotopic (exact) mass is 182 g/mol. The first-order valence-corrected chi connectivity index (χ1v) is 3.02. The average molecular weight is 182 g/mol. The standard InChI is InChI=1S/C5H5F3N2O2/c6-5(7,8)4-9-2(11)1-3(12)10-4/h2,11H,1H2,(H,9,10,12). The molecule has 0 fully saturated rings. The van der Waals surface area contributed by atoms with Gasteiger partial charge in [-0.1, -0.05) is 0 Å². The van der Waals surface area contributed by atoms with Gasteiger partial charge in [0.05, 0.1) is 6.42 Å². The van der Waals surface area contributed by atoms with Crippen LogP contribution in [-0.4, -0.2) is 29.3 Å². The summed E-state index contributed by atoms with van der Waals surface area (Å²) in [5.41, 5.74) is 0. The zero-order chi connectivity index (χ0) is 9.35. The fourth-order valence-corrected chi connectivity index (χ4v) is 0.720. The van der Waals surface area contributed by atoms with E-state index in [0.717, 1.165) is 0 Å². The summed E-state index contributed by atoms with van der Waals surface area (Å²) in [5, 5.41) is 10.2. The SMILES string of the molecule is O=C1CC(O)N=C(C(F)(F)F)N1. The smallest absolute Gasteiger partial charge is 0.371 e. The minimum atomic E-state index is -4.71. The van der Waals surface area contributed by atoms with Crippen LogP contribution >= 0.6 is 0 Å². The third-order valence-corrected chi connectivity index (χ3v) is 1.17. The molecular formula is C5H5F3N2O2. The summed E-state index contributed by atoms with van der Waals surface area (Å²) in [4.78, 5) is 13.3. The van der Waals surface area contributed by atoms with Crippen LogP contribution in [0.2, 0.25) is 0 Å². The number of aliphatic imine (C=N–C) groups is 1. The highest BCUT2D eigenvalue weighted by atomic mass is 19.4. The van der Waals surface area contributed by atoms with E-state index in [2.05, 4.69) is 4.99 Å². The quantitative estimate of drug-likeness (QED) is 0.544. The largest absolute Gasteiger partial charge is 0.449 e. The molecule has 0 bridgehead atoms. The molecule has 2 N–H and O–H groups in total. The van der Waals surface area contributed by atoms with Gasteiger partial charge in [-0.3, -0.25) is 4.79 Å². The number of halogens is 3. The fourth-order valence-electron chi connectivity index (χ4n) is 0.720. The van der Waals surface area contributed by atoms with Gasteiger partial charge in [-0.25, -0.2) is 4.99 Å². The number of hydrogen-bond donors (Lipinski definition) is 2. The summed E-state index contributed by atoms with van der Waals surface area (Å²) in [6, 6.07) is 0. The summed E-state index contributed by atoms with van der Waals surface area (Å²) in [7, 11) is 0. The van der Waals surface area contributed by atoms with Gasteiger partial charge in [0.25, 0.3) is 0 Å². The van der Waals surface area contributed by atoms with Crippen LogP contribution in [0.3, 0.4) is 0 Å².